The highest BCUT2D eigenvalue weighted by Gasteiger charge is 2.32. The Labute approximate surface area is 139 Å². The van der Waals surface area contributed by atoms with Crippen molar-refractivity contribution >= 4 is 33.1 Å². The normalized spacial score (nSPS) is 17.9. The molecule has 1 aliphatic rings. The van der Waals surface area contributed by atoms with E-state index in [2.05, 4.69) is 39.6 Å². The van der Waals surface area contributed by atoms with Crippen LogP contribution >= 0.6 is 28.1 Å². The zero-order valence-corrected chi connectivity index (χ0v) is 14.8. The van der Waals surface area contributed by atoms with Gasteiger partial charge in [-0.3, -0.25) is 9.80 Å². The zero-order valence-electron chi connectivity index (χ0n) is 12.4. The Hall–Kier alpha value is -0.560. The van der Waals surface area contributed by atoms with Crippen molar-refractivity contribution in [1.82, 2.24) is 9.80 Å². The second-order valence-electron chi connectivity index (χ2n) is 5.90. The molecule has 0 bridgehead atoms. The summed E-state index contributed by atoms with van der Waals surface area (Å²) in [6.45, 7) is 8.56. The van der Waals surface area contributed by atoms with Gasteiger partial charge < -0.3 is 5.73 Å². The maximum Gasteiger partial charge on any atom is 0.137 e. The van der Waals surface area contributed by atoms with Gasteiger partial charge in [0.05, 0.1) is 15.0 Å². The molecule has 116 valence electrons. The van der Waals surface area contributed by atoms with Crippen LogP contribution in [0.4, 0.5) is 4.39 Å². The van der Waals surface area contributed by atoms with Crippen molar-refractivity contribution in [1.29, 1.82) is 0 Å². The topological polar surface area (TPSA) is 32.5 Å². The van der Waals surface area contributed by atoms with Crippen molar-refractivity contribution in [3.05, 3.63) is 34.1 Å². The molecule has 0 atom stereocenters. The van der Waals surface area contributed by atoms with Crippen molar-refractivity contribution in [2.45, 2.75) is 25.9 Å². The lowest BCUT2D eigenvalue weighted by Crippen LogP contribution is -2.59. The lowest BCUT2D eigenvalue weighted by atomic mass is 10.0. The standard InChI is InChI=1S/C15H21BrFN3S/c1-15(2,14(18)21)20-8-6-19(7-9-20)10-11-4-3-5-12(17)13(11)16/h3-5H,6-10H2,1-2H3,(H2,18,21). The fraction of sp³-hybridized carbons (Fsp3) is 0.533. The van der Waals surface area contributed by atoms with E-state index in [4.69, 9.17) is 18.0 Å². The minimum Gasteiger partial charge on any atom is -0.392 e. The Kier molecular flexibility index (Phi) is 5.35. The Morgan fingerprint density at radius 1 is 1.33 bits per heavy atom. The molecule has 0 unspecified atom stereocenters. The highest BCUT2D eigenvalue weighted by molar-refractivity contribution is 9.10. The van der Waals surface area contributed by atoms with E-state index in [-0.39, 0.29) is 11.4 Å². The molecule has 0 amide bonds. The van der Waals surface area contributed by atoms with Gasteiger partial charge in [0, 0.05) is 32.7 Å². The third kappa shape index (κ3) is 3.80. The van der Waals surface area contributed by atoms with Gasteiger partial charge in [-0.05, 0) is 41.4 Å². The average Bonchev–Trinajstić information content (AvgIpc) is 2.44. The van der Waals surface area contributed by atoms with Crippen molar-refractivity contribution in [3.63, 3.8) is 0 Å². The van der Waals surface area contributed by atoms with Gasteiger partial charge in [0.25, 0.3) is 0 Å². The molecule has 3 nitrogen and oxygen atoms in total. The molecule has 0 spiro atoms. The molecule has 0 aliphatic carbocycles. The highest BCUT2D eigenvalue weighted by Crippen LogP contribution is 2.23. The molecule has 0 aromatic heterocycles. The van der Waals surface area contributed by atoms with Gasteiger partial charge >= 0.3 is 0 Å². The predicted octanol–water partition coefficient (Wildman–Crippen LogP) is 2.77. The molecule has 21 heavy (non-hydrogen) atoms. The third-order valence-electron chi connectivity index (χ3n) is 4.19. The molecule has 1 aliphatic heterocycles. The van der Waals surface area contributed by atoms with Gasteiger partial charge in [0.15, 0.2) is 0 Å². The largest absolute Gasteiger partial charge is 0.392 e. The van der Waals surface area contributed by atoms with E-state index in [0.29, 0.717) is 9.46 Å². The second kappa shape index (κ2) is 6.69. The number of halogens is 2. The van der Waals surface area contributed by atoms with Crippen LogP contribution in [0.25, 0.3) is 0 Å². The Morgan fingerprint density at radius 2 is 1.95 bits per heavy atom. The first-order valence-electron chi connectivity index (χ1n) is 7.02. The van der Waals surface area contributed by atoms with Crippen LogP contribution in [-0.4, -0.2) is 46.5 Å². The quantitative estimate of drug-likeness (QED) is 0.822. The number of thiocarbonyl (C=S) groups is 1. The van der Waals surface area contributed by atoms with E-state index in [0.717, 1.165) is 38.3 Å². The summed E-state index contributed by atoms with van der Waals surface area (Å²) in [6, 6.07) is 5.18. The molecule has 1 saturated heterocycles. The molecule has 1 fully saturated rings. The Morgan fingerprint density at radius 3 is 2.52 bits per heavy atom. The lowest BCUT2D eigenvalue weighted by molar-refractivity contribution is 0.0820. The van der Waals surface area contributed by atoms with E-state index in [1.165, 1.54) is 6.07 Å². The molecule has 1 heterocycles. The molecule has 2 N–H and O–H groups in total. The van der Waals surface area contributed by atoms with Crippen LogP contribution in [0.1, 0.15) is 19.4 Å². The van der Waals surface area contributed by atoms with E-state index in [1.54, 1.807) is 6.07 Å². The minimum absolute atomic E-state index is 0.208. The first-order valence-corrected chi connectivity index (χ1v) is 8.22. The van der Waals surface area contributed by atoms with Crippen LogP contribution < -0.4 is 5.73 Å². The van der Waals surface area contributed by atoms with Crippen LogP contribution in [-0.2, 0) is 6.54 Å². The van der Waals surface area contributed by atoms with Crippen LogP contribution in [0.2, 0.25) is 0 Å². The average molecular weight is 374 g/mol. The molecule has 1 aromatic rings. The summed E-state index contributed by atoms with van der Waals surface area (Å²) in [5, 5.41) is 0. The lowest BCUT2D eigenvalue weighted by Gasteiger charge is -2.43. The van der Waals surface area contributed by atoms with Crippen LogP contribution in [0, 0.1) is 5.82 Å². The number of nitrogens with zero attached hydrogens (tertiary/aromatic N) is 2. The van der Waals surface area contributed by atoms with Gasteiger partial charge in [-0.2, -0.15) is 0 Å². The van der Waals surface area contributed by atoms with Crippen molar-refractivity contribution in [2.75, 3.05) is 26.2 Å². The summed E-state index contributed by atoms with van der Waals surface area (Å²) in [7, 11) is 0. The predicted molar refractivity (Wildman–Crippen MR) is 91.8 cm³/mol. The van der Waals surface area contributed by atoms with Gasteiger partial charge in [-0.1, -0.05) is 24.4 Å². The fourth-order valence-electron chi connectivity index (χ4n) is 2.53. The smallest absolute Gasteiger partial charge is 0.137 e. The molecule has 0 saturated carbocycles. The van der Waals surface area contributed by atoms with E-state index < -0.39 is 0 Å². The third-order valence-corrected chi connectivity index (χ3v) is 5.58. The van der Waals surface area contributed by atoms with Crippen molar-refractivity contribution < 1.29 is 4.39 Å². The summed E-state index contributed by atoms with van der Waals surface area (Å²) in [5.74, 6) is -0.208. The summed E-state index contributed by atoms with van der Waals surface area (Å²) in [4.78, 5) is 5.17. The SMILES string of the molecule is CC(C)(C(N)=S)N1CCN(Cc2cccc(F)c2Br)CC1. The van der Waals surface area contributed by atoms with Gasteiger partial charge in [-0.15, -0.1) is 0 Å². The first kappa shape index (κ1) is 16.8. The van der Waals surface area contributed by atoms with Crippen LogP contribution in [0.3, 0.4) is 0 Å². The number of hydrogen-bond donors (Lipinski definition) is 1. The molecular weight excluding hydrogens is 353 g/mol. The second-order valence-corrected chi connectivity index (χ2v) is 7.13. The number of nitrogens with two attached hydrogens (primary N) is 1. The van der Waals surface area contributed by atoms with Gasteiger partial charge in [-0.25, -0.2) is 4.39 Å². The van der Waals surface area contributed by atoms with Crippen molar-refractivity contribution in [2.24, 2.45) is 5.73 Å². The summed E-state index contributed by atoms with van der Waals surface area (Å²) in [5.41, 5.74) is 6.56. The molecule has 6 heteroatoms. The maximum atomic E-state index is 13.5. The number of rotatable bonds is 4. The van der Waals surface area contributed by atoms with Crippen LogP contribution in [0.15, 0.2) is 22.7 Å². The zero-order chi connectivity index (χ0) is 15.6. The molecule has 1 aromatic carbocycles. The van der Waals surface area contributed by atoms with Gasteiger partial charge in [0.1, 0.15) is 5.82 Å². The van der Waals surface area contributed by atoms with Crippen LogP contribution in [0.5, 0.6) is 0 Å². The molecule has 2 rings (SSSR count). The first-order chi connectivity index (χ1) is 9.82. The monoisotopic (exact) mass is 373 g/mol. The minimum atomic E-state index is -0.249. The summed E-state index contributed by atoms with van der Waals surface area (Å²) >= 11 is 8.48. The Bertz CT molecular complexity index is 528. The Balaban J connectivity index is 1.96. The number of hydrogen-bond acceptors (Lipinski definition) is 3. The number of piperazine rings is 1. The van der Waals surface area contributed by atoms with E-state index in [9.17, 15) is 4.39 Å². The number of benzene rings is 1. The summed E-state index contributed by atoms with van der Waals surface area (Å²) in [6.07, 6.45) is 0. The molecule has 0 radical (unpaired) electrons. The van der Waals surface area contributed by atoms with Crippen molar-refractivity contribution in [3.8, 4) is 0 Å². The maximum absolute atomic E-state index is 13.5. The summed E-state index contributed by atoms with van der Waals surface area (Å²) < 4.78 is 14.1. The molecular formula is C15H21BrFN3S. The highest BCUT2D eigenvalue weighted by atomic mass is 79.9. The fourth-order valence-corrected chi connectivity index (χ4v) is 3.05. The van der Waals surface area contributed by atoms with E-state index in [1.807, 2.05) is 6.07 Å². The van der Waals surface area contributed by atoms with E-state index >= 15 is 0 Å². The van der Waals surface area contributed by atoms with Gasteiger partial charge in [0.2, 0.25) is 0 Å².